The van der Waals surface area contributed by atoms with Gasteiger partial charge in [0.25, 0.3) is 0 Å². The topological polar surface area (TPSA) is 82.1 Å². The number of unbranched alkanes of at least 4 members (excludes halogenated alkanes) is 1. The van der Waals surface area contributed by atoms with Crippen molar-refractivity contribution in [2.24, 2.45) is 5.92 Å². The highest BCUT2D eigenvalue weighted by molar-refractivity contribution is 7.46. The van der Waals surface area contributed by atoms with Gasteiger partial charge in [-0.25, -0.2) is 9.59 Å². The normalized spacial score (nSPS) is 15.7. The highest BCUT2D eigenvalue weighted by Crippen LogP contribution is 2.29. The van der Waals surface area contributed by atoms with Crippen molar-refractivity contribution < 1.29 is 23.7 Å². The Morgan fingerprint density at radius 3 is 2.41 bits per heavy atom. The van der Waals surface area contributed by atoms with E-state index in [4.69, 9.17) is 9.26 Å². The molecule has 0 radical (unpaired) electrons. The first kappa shape index (κ1) is 28.8. The molecule has 0 saturated heterocycles. The van der Waals surface area contributed by atoms with Gasteiger partial charge in [0.15, 0.2) is 0 Å². The maximum atomic E-state index is 14.2. The first-order valence-electron chi connectivity index (χ1n) is 13.2. The molecule has 200 valence electrons. The molecule has 0 saturated carbocycles. The van der Waals surface area contributed by atoms with E-state index in [2.05, 4.69) is 6.92 Å². The summed E-state index contributed by atoms with van der Waals surface area (Å²) in [5.41, 5.74) is 3.40. The smallest absolute Gasteiger partial charge is 0.329 e. The van der Waals surface area contributed by atoms with Crippen molar-refractivity contribution >= 4 is 25.4 Å². The lowest BCUT2D eigenvalue weighted by Crippen LogP contribution is -2.55. The Morgan fingerprint density at radius 2 is 1.76 bits per heavy atom. The van der Waals surface area contributed by atoms with Crippen LogP contribution in [0.5, 0.6) is 0 Å². The summed E-state index contributed by atoms with van der Waals surface area (Å²) in [5, 5.41) is 0. The molecular weight excluding hydrogens is 487 g/mol. The Bertz CT molecular complexity index is 1070. The van der Waals surface area contributed by atoms with E-state index in [1.54, 1.807) is 16.7 Å². The average molecular weight is 527 g/mol. The molecule has 0 aliphatic carbocycles. The fourth-order valence-electron chi connectivity index (χ4n) is 4.43. The predicted molar refractivity (Wildman–Crippen MR) is 146 cm³/mol. The van der Waals surface area contributed by atoms with Gasteiger partial charge in [0.2, 0.25) is 13.4 Å². The van der Waals surface area contributed by atoms with Gasteiger partial charge >= 0.3 is 12.0 Å². The summed E-state index contributed by atoms with van der Waals surface area (Å²) < 4.78 is 11.2. The maximum absolute atomic E-state index is 14.2. The van der Waals surface area contributed by atoms with Crippen molar-refractivity contribution in [3.63, 3.8) is 0 Å². The Labute approximate surface area is 221 Å². The molecule has 8 heteroatoms. The quantitative estimate of drug-likeness (QED) is 0.295. The summed E-state index contributed by atoms with van der Waals surface area (Å²) in [7, 11) is -2.17. The van der Waals surface area contributed by atoms with Crippen LogP contribution in [-0.4, -0.2) is 46.4 Å². The van der Waals surface area contributed by atoms with Crippen LogP contribution in [0, 0.1) is 5.92 Å². The van der Waals surface area contributed by atoms with Crippen LogP contribution in [0.2, 0.25) is 0 Å². The van der Waals surface area contributed by atoms with Crippen LogP contribution >= 0.6 is 8.00 Å². The molecule has 37 heavy (non-hydrogen) atoms. The number of carbonyl (C=O) groups excluding carboxylic acids is 2. The fourth-order valence-corrected chi connectivity index (χ4v) is 5.51. The molecule has 0 fully saturated rings. The zero-order valence-corrected chi connectivity index (χ0v) is 23.3. The van der Waals surface area contributed by atoms with Crippen molar-refractivity contribution in [2.45, 2.75) is 72.6 Å². The third-order valence-electron chi connectivity index (χ3n) is 6.29. The van der Waals surface area contributed by atoms with Gasteiger partial charge in [0.05, 0.1) is 6.61 Å². The Kier molecular flexibility index (Phi) is 11.1. The molecule has 3 rings (SSSR count). The van der Waals surface area contributed by atoms with Gasteiger partial charge in [-0.05, 0) is 36.0 Å². The van der Waals surface area contributed by atoms with E-state index in [9.17, 15) is 14.5 Å². The number of hydrogen-bond acceptors (Lipinski definition) is 5. The number of ether oxygens (including phenoxy) is 1. The Hall–Kier alpha value is -2.73. The summed E-state index contributed by atoms with van der Waals surface area (Å²) in [5.74, 6) is -0.313. The lowest BCUT2D eigenvalue weighted by molar-refractivity contribution is -0.172. The molecule has 1 aliphatic heterocycles. The zero-order chi connectivity index (χ0) is 26.8. The second-order valence-corrected chi connectivity index (χ2v) is 11.0. The minimum absolute atomic E-state index is 0.131. The first-order valence-corrected chi connectivity index (χ1v) is 14.3. The third kappa shape index (κ3) is 7.88. The molecule has 2 atom stereocenters. The third-order valence-corrected chi connectivity index (χ3v) is 7.67. The number of nitrogens with zero attached hydrogens (tertiary/aromatic N) is 2. The molecule has 0 bridgehead atoms. The summed E-state index contributed by atoms with van der Waals surface area (Å²) in [6, 6.07) is 16.2. The van der Waals surface area contributed by atoms with E-state index in [1.807, 2.05) is 68.4 Å². The van der Waals surface area contributed by atoms with E-state index in [1.165, 1.54) is 0 Å². The monoisotopic (exact) mass is 526 g/mol. The second-order valence-electron chi connectivity index (χ2n) is 9.69. The molecule has 1 heterocycles. The van der Waals surface area contributed by atoms with Crippen LogP contribution < -0.4 is 4.89 Å². The van der Waals surface area contributed by atoms with Gasteiger partial charge in [0, 0.05) is 25.9 Å². The summed E-state index contributed by atoms with van der Waals surface area (Å²) in [4.78, 5) is 43.9. The van der Waals surface area contributed by atoms with Crippen molar-refractivity contribution in [1.82, 2.24) is 9.80 Å². The molecule has 0 spiro atoms. The number of fused-ring (bicyclic) bond motifs is 1. The lowest BCUT2D eigenvalue weighted by atomic mass is 9.94. The van der Waals surface area contributed by atoms with Crippen molar-refractivity contribution in [3.05, 3.63) is 71.3 Å². The SMILES string of the molecule is CCCCC(N(CC(C)C)C(=O)N1Cc2ccccc2CC1C(=O)OCc1ccccc1)=[P+]([O-])OCC. The van der Waals surface area contributed by atoms with Gasteiger partial charge in [-0.3, -0.25) is 4.90 Å². The predicted octanol–water partition coefficient (Wildman–Crippen LogP) is 5.26. The fraction of sp³-hybridized carbons (Fsp3) is 0.483. The van der Waals surface area contributed by atoms with E-state index in [0.29, 0.717) is 31.4 Å². The molecule has 2 aromatic carbocycles. The van der Waals surface area contributed by atoms with Gasteiger partial charge in [0.1, 0.15) is 12.6 Å². The van der Waals surface area contributed by atoms with Crippen LogP contribution in [0.3, 0.4) is 0 Å². The minimum Gasteiger partial charge on any atom is -0.602 e. The average Bonchev–Trinajstić information content (AvgIpc) is 2.90. The summed E-state index contributed by atoms with van der Waals surface area (Å²) in [6.45, 7) is 8.97. The Balaban J connectivity index is 1.95. The van der Waals surface area contributed by atoms with Crippen LogP contribution in [0.4, 0.5) is 4.79 Å². The molecule has 0 aromatic heterocycles. The van der Waals surface area contributed by atoms with Crippen LogP contribution in [-0.2, 0) is 33.6 Å². The molecule has 2 aromatic rings. The van der Waals surface area contributed by atoms with Crippen molar-refractivity contribution in [3.8, 4) is 0 Å². The maximum Gasteiger partial charge on any atom is 0.329 e. The van der Waals surface area contributed by atoms with E-state index in [0.717, 1.165) is 29.5 Å². The number of carbonyl (C=O) groups is 2. The number of benzene rings is 2. The zero-order valence-electron chi connectivity index (χ0n) is 22.4. The van der Waals surface area contributed by atoms with E-state index < -0.39 is 20.0 Å². The Morgan fingerprint density at radius 1 is 1.08 bits per heavy atom. The number of esters is 1. The molecule has 7 nitrogen and oxygen atoms in total. The van der Waals surface area contributed by atoms with Gasteiger partial charge < -0.3 is 14.5 Å². The van der Waals surface area contributed by atoms with Crippen LogP contribution in [0.25, 0.3) is 0 Å². The first-order chi connectivity index (χ1) is 17.8. The standard InChI is InChI=1S/C29H39N2O5P/c1-5-7-17-27(37(34)36-6-2)31(19-22(3)4)29(33)30-20-25-16-12-11-15-24(25)18-26(30)28(32)35-21-23-13-9-8-10-14-23/h8-16,22,26H,5-7,17-21H2,1-4H3. The minimum atomic E-state index is -2.17. The summed E-state index contributed by atoms with van der Waals surface area (Å²) in [6.07, 6.45) is 2.55. The summed E-state index contributed by atoms with van der Waals surface area (Å²) >= 11 is 0. The second kappa shape index (κ2) is 14.3. The van der Waals surface area contributed by atoms with E-state index >= 15 is 0 Å². The van der Waals surface area contributed by atoms with Crippen molar-refractivity contribution in [2.75, 3.05) is 13.2 Å². The van der Waals surface area contributed by atoms with Crippen LogP contribution in [0.15, 0.2) is 54.6 Å². The molecule has 2 unspecified atom stereocenters. The van der Waals surface area contributed by atoms with Gasteiger partial charge in [-0.1, -0.05) is 81.8 Å². The van der Waals surface area contributed by atoms with Gasteiger partial charge in [-0.15, -0.1) is 0 Å². The number of amides is 2. The lowest BCUT2D eigenvalue weighted by Gasteiger charge is -2.38. The molecule has 1 aliphatic rings. The molecule has 2 amide bonds. The van der Waals surface area contributed by atoms with Crippen LogP contribution in [0.1, 0.15) is 63.6 Å². The largest absolute Gasteiger partial charge is 0.602 e. The number of urea groups is 1. The molecule has 0 N–H and O–H groups in total. The number of rotatable bonds is 11. The van der Waals surface area contributed by atoms with Crippen molar-refractivity contribution in [1.29, 1.82) is 0 Å². The highest BCUT2D eigenvalue weighted by Gasteiger charge is 2.40. The number of hydrogen-bond donors (Lipinski definition) is 0. The highest BCUT2D eigenvalue weighted by atomic mass is 31.1. The molecular formula is C29H39N2O5P. The van der Waals surface area contributed by atoms with E-state index in [-0.39, 0.29) is 25.1 Å². The van der Waals surface area contributed by atoms with Gasteiger partial charge in [-0.2, -0.15) is 4.52 Å².